The molecule has 1 aliphatic heterocycles. The van der Waals surface area contributed by atoms with Crippen LogP contribution in [0.2, 0.25) is 0 Å². The first-order valence-corrected chi connectivity index (χ1v) is 8.59. The summed E-state index contributed by atoms with van der Waals surface area (Å²) in [5.41, 5.74) is 2.56. The standard InChI is InChI=1S/C18H20ClNO5/c1-11-16(8-19)17(25-20-11)12-3-5-14(6-4-12)24-15-7-13(9-23-10-15)18(21)22-2/h3-6,13,15H,7-10H2,1-2H3/t13-,15-/m0/s1. The summed E-state index contributed by atoms with van der Waals surface area (Å²) in [5.74, 6) is 1.17. The second-order valence-corrected chi connectivity index (χ2v) is 6.23. The molecule has 7 heteroatoms. The van der Waals surface area contributed by atoms with Crippen molar-refractivity contribution in [3.8, 4) is 17.1 Å². The van der Waals surface area contributed by atoms with Gasteiger partial charge in [-0.15, -0.1) is 11.6 Å². The highest BCUT2D eigenvalue weighted by Gasteiger charge is 2.30. The van der Waals surface area contributed by atoms with Crippen molar-refractivity contribution >= 4 is 17.6 Å². The molecule has 0 aliphatic carbocycles. The lowest BCUT2D eigenvalue weighted by atomic mass is 10.0. The molecule has 0 unspecified atom stereocenters. The van der Waals surface area contributed by atoms with Gasteiger partial charge in [0, 0.05) is 17.5 Å². The molecule has 0 N–H and O–H groups in total. The van der Waals surface area contributed by atoms with Crippen molar-refractivity contribution in [1.29, 1.82) is 0 Å². The summed E-state index contributed by atoms with van der Waals surface area (Å²) in [7, 11) is 1.38. The third-order valence-corrected chi connectivity index (χ3v) is 4.51. The Hall–Kier alpha value is -2.05. The normalized spacial score (nSPS) is 20.3. The number of rotatable bonds is 5. The molecular weight excluding hydrogens is 346 g/mol. The van der Waals surface area contributed by atoms with Crippen LogP contribution in [0.5, 0.6) is 5.75 Å². The fraction of sp³-hybridized carbons (Fsp3) is 0.444. The summed E-state index contributed by atoms with van der Waals surface area (Å²) in [5, 5.41) is 3.96. The van der Waals surface area contributed by atoms with Crippen LogP contribution in [0.25, 0.3) is 11.3 Å². The van der Waals surface area contributed by atoms with Crippen LogP contribution in [0.3, 0.4) is 0 Å². The number of hydrogen-bond donors (Lipinski definition) is 0. The number of carbonyl (C=O) groups excluding carboxylic acids is 1. The van der Waals surface area contributed by atoms with Crippen LogP contribution >= 0.6 is 11.6 Å². The van der Waals surface area contributed by atoms with Crippen molar-refractivity contribution in [2.75, 3.05) is 20.3 Å². The number of methoxy groups -OCH3 is 1. The highest BCUT2D eigenvalue weighted by Crippen LogP contribution is 2.29. The van der Waals surface area contributed by atoms with Crippen LogP contribution < -0.4 is 4.74 Å². The van der Waals surface area contributed by atoms with Crippen molar-refractivity contribution < 1.29 is 23.5 Å². The predicted molar refractivity (Wildman–Crippen MR) is 91.6 cm³/mol. The fourth-order valence-electron chi connectivity index (χ4n) is 2.86. The van der Waals surface area contributed by atoms with E-state index in [1.54, 1.807) is 0 Å². The van der Waals surface area contributed by atoms with Gasteiger partial charge in [-0.05, 0) is 31.2 Å². The summed E-state index contributed by atoms with van der Waals surface area (Å²) in [6.07, 6.45) is 0.390. The first-order valence-electron chi connectivity index (χ1n) is 8.06. The molecule has 1 saturated heterocycles. The minimum atomic E-state index is -0.286. The number of nitrogens with zero attached hydrogens (tertiary/aromatic N) is 1. The van der Waals surface area contributed by atoms with Gasteiger partial charge in [-0.3, -0.25) is 4.79 Å². The molecule has 0 saturated carbocycles. The molecule has 2 aromatic rings. The van der Waals surface area contributed by atoms with Gasteiger partial charge in [0.05, 0.1) is 37.8 Å². The lowest BCUT2D eigenvalue weighted by Crippen LogP contribution is -2.37. The number of halogens is 1. The molecule has 1 aliphatic rings. The van der Waals surface area contributed by atoms with Crippen molar-refractivity contribution in [3.05, 3.63) is 35.5 Å². The van der Waals surface area contributed by atoms with Crippen LogP contribution in [-0.4, -0.2) is 37.6 Å². The Balaban J connectivity index is 1.67. The maximum Gasteiger partial charge on any atom is 0.311 e. The first kappa shape index (κ1) is 17.8. The van der Waals surface area contributed by atoms with Gasteiger partial charge < -0.3 is 18.7 Å². The van der Waals surface area contributed by atoms with Crippen LogP contribution in [-0.2, 0) is 20.1 Å². The van der Waals surface area contributed by atoms with Gasteiger partial charge in [-0.2, -0.15) is 0 Å². The summed E-state index contributed by atoms with van der Waals surface area (Å²) in [6, 6.07) is 7.50. The van der Waals surface area contributed by atoms with E-state index < -0.39 is 0 Å². The molecule has 6 nitrogen and oxygen atoms in total. The van der Waals surface area contributed by atoms with Gasteiger partial charge in [0.25, 0.3) is 0 Å². The Bertz CT molecular complexity index is 728. The summed E-state index contributed by atoms with van der Waals surface area (Å²) in [6.45, 7) is 2.69. The van der Waals surface area contributed by atoms with Crippen molar-refractivity contribution in [2.24, 2.45) is 5.92 Å². The Kier molecular flexibility index (Phi) is 5.60. The first-order chi connectivity index (χ1) is 12.1. The molecule has 2 atom stereocenters. The quantitative estimate of drug-likeness (QED) is 0.597. The number of hydrogen-bond acceptors (Lipinski definition) is 6. The van der Waals surface area contributed by atoms with Crippen LogP contribution in [0.1, 0.15) is 17.7 Å². The predicted octanol–water partition coefficient (Wildman–Crippen LogP) is 3.35. The SMILES string of the molecule is COC(=O)[C@@H]1COC[C@@H](Oc2ccc(-c3onc(C)c3CCl)cc2)C1. The molecule has 0 radical (unpaired) electrons. The average Bonchev–Trinajstić information content (AvgIpc) is 3.02. The van der Waals surface area contributed by atoms with E-state index in [-0.39, 0.29) is 18.0 Å². The molecule has 3 rings (SSSR count). The highest BCUT2D eigenvalue weighted by molar-refractivity contribution is 6.17. The van der Waals surface area contributed by atoms with E-state index in [1.807, 2.05) is 31.2 Å². The van der Waals surface area contributed by atoms with Gasteiger partial charge in [0.1, 0.15) is 11.9 Å². The zero-order chi connectivity index (χ0) is 17.8. The van der Waals surface area contributed by atoms with Crippen LogP contribution in [0, 0.1) is 12.8 Å². The summed E-state index contributed by atoms with van der Waals surface area (Å²) < 4.78 is 21.5. The van der Waals surface area contributed by atoms with Crippen molar-refractivity contribution in [2.45, 2.75) is 25.3 Å². The Morgan fingerprint density at radius 2 is 2.08 bits per heavy atom. The minimum absolute atomic E-state index is 0.186. The Morgan fingerprint density at radius 3 is 2.76 bits per heavy atom. The minimum Gasteiger partial charge on any atom is -0.488 e. The van der Waals surface area contributed by atoms with Gasteiger partial charge >= 0.3 is 5.97 Å². The zero-order valence-electron chi connectivity index (χ0n) is 14.2. The number of alkyl halides is 1. The summed E-state index contributed by atoms with van der Waals surface area (Å²) in [4.78, 5) is 11.6. The largest absolute Gasteiger partial charge is 0.488 e. The molecular formula is C18H20ClNO5. The van der Waals surface area contributed by atoms with Gasteiger partial charge in [0.2, 0.25) is 0 Å². The van der Waals surface area contributed by atoms with E-state index in [4.69, 9.17) is 30.3 Å². The van der Waals surface area contributed by atoms with Crippen molar-refractivity contribution in [3.63, 3.8) is 0 Å². The van der Waals surface area contributed by atoms with Gasteiger partial charge in [-0.1, -0.05) is 5.16 Å². The average molecular weight is 366 g/mol. The molecule has 1 aromatic carbocycles. The molecule has 0 amide bonds. The molecule has 0 spiro atoms. The molecule has 0 bridgehead atoms. The third-order valence-electron chi connectivity index (χ3n) is 4.24. The molecule has 25 heavy (non-hydrogen) atoms. The van der Waals surface area contributed by atoms with Gasteiger partial charge in [-0.25, -0.2) is 0 Å². The second-order valence-electron chi connectivity index (χ2n) is 5.97. The van der Waals surface area contributed by atoms with Crippen LogP contribution in [0.15, 0.2) is 28.8 Å². The topological polar surface area (TPSA) is 70.8 Å². The number of ether oxygens (including phenoxy) is 3. The number of aryl methyl sites for hydroxylation is 1. The van der Waals surface area contributed by atoms with E-state index in [0.29, 0.717) is 37.0 Å². The number of aromatic nitrogens is 1. The number of benzene rings is 1. The van der Waals surface area contributed by atoms with E-state index in [9.17, 15) is 4.79 Å². The molecule has 1 fully saturated rings. The maximum atomic E-state index is 11.6. The fourth-order valence-corrected chi connectivity index (χ4v) is 3.17. The number of carbonyl (C=O) groups is 1. The zero-order valence-corrected chi connectivity index (χ0v) is 14.9. The smallest absolute Gasteiger partial charge is 0.311 e. The summed E-state index contributed by atoms with van der Waals surface area (Å²) >= 11 is 5.96. The highest BCUT2D eigenvalue weighted by atomic mass is 35.5. The lowest BCUT2D eigenvalue weighted by Gasteiger charge is -2.28. The molecule has 1 aromatic heterocycles. The van der Waals surface area contributed by atoms with E-state index in [2.05, 4.69) is 5.16 Å². The van der Waals surface area contributed by atoms with Gasteiger partial charge in [0.15, 0.2) is 5.76 Å². The van der Waals surface area contributed by atoms with E-state index in [1.165, 1.54) is 7.11 Å². The molecule has 2 heterocycles. The number of esters is 1. The Morgan fingerprint density at radius 1 is 1.32 bits per heavy atom. The maximum absolute atomic E-state index is 11.6. The monoisotopic (exact) mass is 365 g/mol. The molecule has 134 valence electrons. The van der Waals surface area contributed by atoms with Crippen molar-refractivity contribution in [1.82, 2.24) is 5.16 Å². The third kappa shape index (κ3) is 3.96. The Labute approximate surface area is 151 Å². The van der Waals surface area contributed by atoms with Crippen LogP contribution in [0.4, 0.5) is 0 Å². The van der Waals surface area contributed by atoms with E-state index in [0.717, 1.165) is 16.8 Å². The van der Waals surface area contributed by atoms with E-state index >= 15 is 0 Å². The lowest BCUT2D eigenvalue weighted by molar-refractivity contribution is -0.152. The second kappa shape index (κ2) is 7.89.